The van der Waals surface area contributed by atoms with Crippen molar-refractivity contribution in [3.8, 4) is 0 Å². The molecule has 0 saturated carbocycles. The summed E-state index contributed by atoms with van der Waals surface area (Å²) in [5.74, 6) is 0. The predicted octanol–water partition coefficient (Wildman–Crippen LogP) is 5.78. The maximum atomic E-state index is 13.0. The molecule has 0 spiro atoms. The van der Waals surface area contributed by atoms with E-state index < -0.39 is 34.7 Å². The van der Waals surface area contributed by atoms with Crippen LogP contribution in [-0.2, 0) is 29.8 Å². The van der Waals surface area contributed by atoms with E-state index in [1.54, 1.807) is 24.3 Å². The average molecular weight is 607 g/mol. The molecule has 0 bridgehead atoms. The number of aryl methyl sites for hydroxylation is 1. The largest absolute Gasteiger partial charge is 0.295 e. The molecule has 0 radical (unpaired) electrons. The molecule has 7 nitrogen and oxygen atoms in total. The third-order valence-electron chi connectivity index (χ3n) is 5.57. The van der Waals surface area contributed by atoms with E-state index in [2.05, 4.69) is 0 Å². The molecule has 0 aliphatic heterocycles. The summed E-state index contributed by atoms with van der Waals surface area (Å²) < 4.78 is 86.2. The van der Waals surface area contributed by atoms with Crippen LogP contribution in [0.4, 0.5) is 0 Å². The summed E-state index contributed by atoms with van der Waals surface area (Å²) in [5, 5.41) is 0. The fourth-order valence-corrected chi connectivity index (χ4v) is 8.39. The van der Waals surface area contributed by atoms with Gasteiger partial charge in [0.2, 0.25) is 19.7 Å². The second kappa shape index (κ2) is 10.9. The van der Waals surface area contributed by atoms with E-state index >= 15 is 0 Å². The summed E-state index contributed by atoms with van der Waals surface area (Å²) >= 11 is 2.45. The van der Waals surface area contributed by atoms with E-state index in [4.69, 9.17) is 0 Å². The molecular formula is C26H22O7S5. The van der Waals surface area contributed by atoms with Crippen molar-refractivity contribution in [3.63, 3.8) is 0 Å². The molecule has 1 N–H and O–H groups in total. The molecule has 0 aliphatic rings. The highest BCUT2D eigenvalue weighted by Crippen LogP contribution is 2.36. The summed E-state index contributed by atoms with van der Waals surface area (Å²) in [5.41, 5.74) is 0.863. The van der Waals surface area contributed by atoms with Crippen LogP contribution in [0.5, 0.6) is 0 Å². The van der Waals surface area contributed by atoms with Crippen LogP contribution in [-0.4, -0.2) is 36.1 Å². The monoisotopic (exact) mass is 606 g/mol. The fourth-order valence-electron chi connectivity index (χ4n) is 3.50. The first-order chi connectivity index (χ1) is 17.8. The first kappa shape index (κ1) is 28.4. The Labute approximate surface area is 230 Å². The molecule has 4 rings (SSSR count). The minimum absolute atomic E-state index is 0.00956. The van der Waals surface area contributed by atoms with Crippen LogP contribution in [0.3, 0.4) is 0 Å². The Bertz CT molecular complexity index is 1790. The Morgan fingerprint density at radius 3 is 1.47 bits per heavy atom. The Morgan fingerprint density at radius 1 is 0.579 bits per heavy atom. The van der Waals surface area contributed by atoms with Gasteiger partial charge < -0.3 is 0 Å². The van der Waals surface area contributed by atoms with Crippen molar-refractivity contribution in [2.24, 2.45) is 0 Å². The van der Waals surface area contributed by atoms with Crippen LogP contribution in [0.2, 0.25) is 0 Å². The lowest BCUT2D eigenvalue weighted by molar-refractivity contribution is 0.480. The fraction of sp³-hybridized carbons (Fsp3) is 0.0769. The van der Waals surface area contributed by atoms with Crippen molar-refractivity contribution in [1.82, 2.24) is 0 Å². The first-order valence-electron chi connectivity index (χ1n) is 10.9. The molecule has 0 fully saturated rings. The van der Waals surface area contributed by atoms with E-state index in [1.807, 2.05) is 13.2 Å². The molecule has 0 saturated heterocycles. The summed E-state index contributed by atoms with van der Waals surface area (Å²) in [6, 6.07) is 21.9. The zero-order valence-electron chi connectivity index (χ0n) is 20.1. The molecule has 0 amide bonds. The molecule has 198 valence electrons. The molecule has 0 aliphatic carbocycles. The lowest BCUT2D eigenvalue weighted by Gasteiger charge is -2.11. The summed E-state index contributed by atoms with van der Waals surface area (Å²) in [4.78, 5) is 0.851. The lowest BCUT2D eigenvalue weighted by Crippen LogP contribution is -2.06. The molecule has 0 heterocycles. The molecule has 4 aromatic rings. The Balaban J connectivity index is 1.65. The third kappa shape index (κ3) is 6.00. The van der Waals surface area contributed by atoms with Crippen LogP contribution in [0.25, 0.3) is 0 Å². The number of sulfone groups is 2. The zero-order valence-corrected chi connectivity index (χ0v) is 24.2. The van der Waals surface area contributed by atoms with Gasteiger partial charge >= 0.3 is 0 Å². The highest BCUT2D eigenvalue weighted by molar-refractivity contribution is 8.00. The van der Waals surface area contributed by atoms with Gasteiger partial charge in [0.05, 0.1) is 19.6 Å². The van der Waals surface area contributed by atoms with Crippen LogP contribution in [0.1, 0.15) is 5.56 Å². The van der Waals surface area contributed by atoms with Gasteiger partial charge in [-0.25, -0.2) is 16.8 Å². The maximum absolute atomic E-state index is 13.0. The van der Waals surface area contributed by atoms with E-state index in [1.165, 1.54) is 72.4 Å². The quantitative estimate of drug-likeness (QED) is 0.196. The van der Waals surface area contributed by atoms with Gasteiger partial charge in [-0.3, -0.25) is 4.55 Å². The van der Waals surface area contributed by atoms with E-state index in [9.17, 15) is 29.8 Å². The van der Waals surface area contributed by atoms with Gasteiger partial charge in [-0.05, 0) is 92.0 Å². The van der Waals surface area contributed by atoms with Gasteiger partial charge in [-0.2, -0.15) is 8.42 Å². The van der Waals surface area contributed by atoms with Crippen molar-refractivity contribution in [2.75, 3.05) is 6.26 Å². The smallest absolute Gasteiger partial charge is 0.282 e. The molecule has 12 heteroatoms. The normalized spacial score (nSPS) is 12.4. The zero-order chi connectivity index (χ0) is 27.7. The average Bonchev–Trinajstić information content (AvgIpc) is 2.89. The molecule has 0 unspecified atom stereocenters. The highest BCUT2D eigenvalue weighted by atomic mass is 32.2. The first-order valence-corrected chi connectivity index (χ1v) is 17.4. The standard InChI is InChI=1S/C26H22O7S5/c1-18-3-9-21(10-4-18)37(29,30)24-15-16-25(26(17-24)38(31,32)33)35-20-7-13-23(14-8-20)36(27,28)22-11-5-19(34-2)6-12-22/h3-17H,1-2H3,(H,31,32,33). The van der Waals surface area contributed by atoms with Crippen molar-refractivity contribution in [1.29, 1.82) is 0 Å². The van der Waals surface area contributed by atoms with E-state index in [0.29, 0.717) is 4.90 Å². The number of hydrogen-bond acceptors (Lipinski definition) is 8. The molecule has 4 aromatic carbocycles. The molecule has 0 atom stereocenters. The maximum Gasteiger partial charge on any atom is 0.295 e. The third-order valence-corrected chi connectivity index (χ3v) is 12.0. The predicted molar refractivity (Wildman–Crippen MR) is 147 cm³/mol. The van der Waals surface area contributed by atoms with Crippen LogP contribution >= 0.6 is 23.5 Å². The van der Waals surface area contributed by atoms with Crippen molar-refractivity contribution < 1.29 is 29.8 Å². The Kier molecular flexibility index (Phi) is 8.12. The Hall–Kier alpha value is -2.61. The SMILES string of the molecule is CSc1ccc(S(=O)(=O)c2ccc(Sc3ccc(S(=O)(=O)c4ccc(C)cc4)cc3S(=O)(=O)O)cc2)cc1. The van der Waals surface area contributed by atoms with Crippen LogP contribution < -0.4 is 0 Å². The topological polar surface area (TPSA) is 123 Å². The second-order valence-electron chi connectivity index (χ2n) is 8.15. The Morgan fingerprint density at radius 2 is 1.00 bits per heavy atom. The van der Waals surface area contributed by atoms with E-state index in [0.717, 1.165) is 28.3 Å². The van der Waals surface area contributed by atoms with Gasteiger partial charge in [0.1, 0.15) is 4.90 Å². The van der Waals surface area contributed by atoms with Crippen molar-refractivity contribution in [2.45, 2.75) is 46.1 Å². The van der Waals surface area contributed by atoms with Crippen LogP contribution in [0.15, 0.2) is 130 Å². The highest BCUT2D eigenvalue weighted by Gasteiger charge is 2.24. The van der Waals surface area contributed by atoms with Gasteiger partial charge in [0.15, 0.2) is 0 Å². The van der Waals surface area contributed by atoms with Crippen molar-refractivity contribution in [3.05, 3.63) is 96.6 Å². The van der Waals surface area contributed by atoms with Gasteiger partial charge in [-0.15, -0.1) is 11.8 Å². The minimum Gasteiger partial charge on any atom is -0.282 e. The van der Waals surface area contributed by atoms with Crippen molar-refractivity contribution >= 4 is 53.3 Å². The molecular weight excluding hydrogens is 585 g/mol. The summed E-state index contributed by atoms with van der Waals surface area (Å²) in [7, 11) is -12.6. The second-order valence-corrected chi connectivity index (χ2v) is 15.4. The van der Waals surface area contributed by atoms with Gasteiger partial charge in [0, 0.05) is 14.7 Å². The van der Waals surface area contributed by atoms with Gasteiger partial charge in [0.25, 0.3) is 10.1 Å². The summed E-state index contributed by atoms with van der Waals surface area (Å²) in [6.07, 6.45) is 1.89. The van der Waals surface area contributed by atoms with Gasteiger partial charge in [-0.1, -0.05) is 29.5 Å². The molecule has 38 heavy (non-hydrogen) atoms. The lowest BCUT2D eigenvalue weighted by atomic mass is 10.2. The number of rotatable bonds is 8. The van der Waals surface area contributed by atoms with E-state index in [-0.39, 0.29) is 24.5 Å². The number of thioether (sulfide) groups is 1. The minimum atomic E-state index is -4.78. The summed E-state index contributed by atoms with van der Waals surface area (Å²) in [6.45, 7) is 1.81. The van der Waals surface area contributed by atoms with Crippen LogP contribution in [0, 0.1) is 6.92 Å². The molecule has 0 aromatic heterocycles. The number of benzene rings is 4. The number of hydrogen-bond donors (Lipinski definition) is 1.